The molecule has 0 aliphatic carbocycles. The summed E-state index contributed by atoms with van der Waals surface area (Å²) >= 11 is 0. The number of rotatable bonds is 6. The Hall–Kier alpha value is -2.20. The highest BCUT2D eigenvalue weighted by Gasteiger charge is 2.05. The van der Waals surface area contributed by atoms with Crippen LogP contribution in [0.25, 0.3) is 0 Å². The zero-order valence-corrected chi connectivity index (χ0v) is 11.5. The van der Waals surface area contributed by atoms with Gasteiger partial charge < -0.3 is 5.32 Å². The predicted octanol–water partition coefficient (Wildman–Crippen LogP) is 3.49. The second-order valence-electron chi connectivity index (χ2n) is 4.76. The van der Waals surface area contributed by atoms with Crippen LogP contribution in [0.3, 0.4) is 0 Å². The summed E-state index contributed by atoms with van der Waals surface area (Å²) in [6, 6.07) is 17.3. The van der Waals surface area contributed by atoms with E-state index in [2.05, 4.69) is 24.4 Å². The van der Waals surface area contributed by atoms with E-state index >= 15 is 0 Å². The Labute approximate surface area is 118 Å². The Bertz CT molecular complexity index is 552. The lowest BCUT2D eigenvalue weighted by molar-refractivity contribution is -0.384. The quantitative estimate of drug-likeness (QED) is 0.645. The highest BCUT2D eigenvalue weighted by Crippen LogP contribution is 2.13. The molecule has 0 aliphatic rings. The molecule has 0 unspecified atom stereocenters. The van der Waals surface area contributed by atoms with Crippen LogP contribution in [0.5, 0.6) is 0 Å². The molecule has 104 valence electrons. The lowest BCUT2D eigenvalue weighted by Gasteiger charge is -2.14. The molecule has 0 spiro atoms. The molecule has 0 amide bonds. The van der Waals surface area contributed by atoms with Crippen molar-refractivity contribution >= 4 is 5.69 Å². The van der Waals surface area contributed by atoms with E-state index in [4.69, 9.17) is 0 Å². The van der Waals surface area contributed by atoms with Gasteiger partial charge in [-0.25, -0.2) is 0 Å². The summed E-state index contributed by atoms with van der Waals surface area (Å²) in [7, 11) is 0. The van der Waals surface area contributed by atoms with Crippen molar-refractivity contribution in [1.29, 1.82) is 0 Å². The summed E-state index contributed by atoms with van der Waals surface area (Å²) < 4.78 is 0. The van der Waals surface area contributed by atoms with Gasteiger partial charge in [0.2, 0.25) is 0 Å². The van der Waals surface area contributed by atoms with Gasteiger partial charge in [-0.2, -0.15) is 0 Å². The molecule has 0 bridgehead atoms. The van der Waals surface area contributed by atoms with Crippen molar-refractivity contribution in [2.75, 3.05) is 6.54 Å². The van der Waals surface area contributed by atoms with Gasteiger partial charge in [0.05, 0.1) is 4.92 Å². The van der Waals surface area contributed by atoms with Gasteiger partial charge in [0.25, 0.3) is 5.69 Å². The molecule has 1 N–H and O–H groups in total. The van der Waals surface area contributed by atoms with Gasteiger partial charge in [0.1, 0.15) is 0 Å². The average molecular weight is 270 g/mol. The molecule has 4 heteroatoms. The zero-order valence-electron chi connectivity index (χ0n) is 11.5. The fraction of sp³-hybridized carbons (Fsp3) is 0.250. The topological polar surface area (TPSA) is 55.2 Å². The van der Waals surface area contributed by atoms with Crippen molar-refractivity contribution in [2.24, 2.45) is 0 Å². The molecule has 0 radical (unpaired) electrons. The fourth-order valence-corrected chi connectivity index (χ4v) is 2.08. The van der Waals surface area contributed by atoms with E-state index in [-0.39, 0.29) is 10.6 Å². The number of nitrogens with zero attached hydrogens (tertiary/aromatic N) is 1. The molecule has 1 atom stereocenters. The molecule has 4 nitrogen and oxygen atoms in total. The monoisotopic (exact) mass is 270 g/mol. The molecule has 0 aliphatic heterocycles. The largest absolute Gasteiger partial charge is 0.310 e. The minimum Gasteiger partial charge on any atom is -0.310 e. The van der Waals surface area contributed by atoms with Crippen molar-refractivity contribution in [1.82, 2.24) is 5.32 Å². The number of non-ortho nitro benzene ring substituents is 1. The van der Waals surface area contributed by atoms with Crippen molar-refractivity contribution in [3.05, 3.63) is 75.8 Å². The molecular formula is C16H18N2O2. The van der Waals surface area contributed by atoms with Crippen LogP contribution in [0.15, 0.2) is 54.6 Å². The van der Waals surface area contributed by atoms with Crippen molar-refractivity contribution in [3.8, 4) is 0 Å². The standard InChI is InChI=1S/C16H18N2O2/c1-13(15-5-3-2-4-6-15)17-12-11-14-7-9-16(10-8-14)18(19)20/h2-10,13,17H,11-12H2,1H3/t13-/m1/s1. The number of hydrogen-bond acceptors (Lipinski definition) is 3. The van der Waals surface area contributed by atoms with Crippen LogP contribution in [0, 0.1) is 10.1 Å². The van der Waals surface area contributed by atoms with Crippen LogP contribution in [0.4, 0.5) is 5.69 Å². The van der Waals surface area contributed by atoms with E-state index in [1.54, 1.807) is 12.1 Å². The minimum atomic E-state index is -0.375. The molecule has 2 rings (SSSR count). The molecule has 2 aromatic carbocycles. The third kappa shape index (κ3) is 3.90. The molecule has 0 aromatic heterocycles. The predicted molar refractivity (Wildman–Crippen MR) is 79.7 cm³/mol. The number of hydrogen-bond donors (Lipinski definition) is 1. The summed E-state index contributed by atoms with van der Waals surface area (Å²) in [6.45, 7) is 2.97. The summed E-state index contributed by atoms with van der Waals surface area (Å²) in [5.41, 5.74) is 2.50. The van der Waals surface area contributed by atoms with Crippen LogP contribution in [0.1, 0.15) is 24.1 Å². The summed E-state index contributed by atoms with van der Waals surface area (Å²) in [4.78, 5) is 10.2. The van der Waals surface area contributed by atoms with Crippen LogP contribution < -0.4 is 5.32 Å². The Morgan fingerprint density at radius 3 is 2.35 bits per heavy atom. The highest BCUT2D eigenvalue weighted by atomic mass is 16.6. The van der Waals surface area contributed by atoms with Gasteiger partial charge >= 0.3 is 0 Å². The first-order chi connectivity index (χ1) is 9.66. The number of nitro benzene ring substituents is 1. The van der Waals surface area contributed by atoms with E-state index in [0.717, 1.165) is 18.5 Å². The first-order valence-electron chi connectivity index (χ1n) is 6.68. The Balaban J connectivity index is 1.82. The lowest BCUT2D eigenvalue weighted by atomic mass is 10.1. The summed E-state index contributed by atoms with van der Waals surface area (Å²) in [6.07, 6.45) is 0.856. The van der Waals surface area contributed by atoms with Gasteiger partial charge in [-0.3, -0.25) is 10.1 Å². The molecule has 0 saturated heterocycles. The Morgan fingerprint density at radius 2 is 1.75 bits per heavy atom. The van der Waals surface area contributed by atoms with E-state index in [1.807, 2.05) is 30.3 Å². The third-order valence-electron chi connectivity index (χ3n) is 3.31. The Kier molecular flexibility index (Phi) is 4.85. The fourth-order valence-electron chi connectivity index (χ4n) is 2.08. The minimum absolute atomic E-state index is 0.138. The molecular weight excluding hydrogens is 252 g/mol. The molecule has 2 aromatic rings. The second kappa shape index (κ2) is 6.82. The van der Waals surface area contributed by atoms with E-state index < -0.39 is 0 Å². The SMILES string of the molecule is C[C@@H](NCCc1ccc([N+](=O)[O-])cc1)c1ccccc1. The molecule has 20 heavy (non-hydrogen) atoms. The average Bonchev–Trinajstić information content (AvgIpc) is 2.48. The van der Waals surface area contributed by atoms with Crippen LogP contribution in [0.2, 0.25) is 0 Å². The second-order valence-corrected chi connectivity index (χ2v) is 4.76. The number of nitrogens with one attached hydrogen (secondary N) is 1. The molecule has 0 saturated carbocycles. The van der Waals surface area contributed by atoms with Crippen LogP contribution in [-0.2, 0) is 6.42 Å². The van der Waals surface area contributed by atoms with Gasteiger partial charge in [-0.1, -0.05) is 42.5 Å². The maximum atomic E-state index is 10.6. The third-order valence-corrected chi connectivity index (χ3v) is 3.31. The molecule has 0 fully saturated rings. The number of nitro groups is 1. The van der Waals surface area contributed by atoms with Gasteiger partial charge in [-0.05, 0) is 31.0 Å². The van der Waals surface area contributed by atoms with Gasteiger partial charge in [0, 0.05) is 18.2 Å². The maximum Gasteiger partial charge on any atom is 0.269 e. The van der Waals surface area contributed by atoms with E-state index in [0.29, 0.717) is 6.04 Å². The van der Waals surface area contributed by atoms with Crippen LogP contribution >= 0.6 is 0 Å². The lowest BCUT2D eigenvalue weighted by Crippen LogP contribution is -2.21. The normalized spacial score (nSPS) is 12.1. The maximum absolute atomic E-state index is 10.6. The van der Waals surface area contributed by atoms with E-state index in [9.17, 15) is 10.1 Å². The van der Waals surface area contributed by atoms with Crippen molar-refractivity contribution in [3.63, 3.8) is 0 Å². The Morgan fingerprint density at radius 1 is 1.10 bits per heavy atom. The van der Waals surface area contributed by atoms with Gasteiger partial charge in [-0.15, -0.1) is 0 Å². The van der Waals surface area contributed by atoms with Crippen molar-refractivity contribution < 1.29 is 4.92 Å². The zero-order chi connectivity index (χ0) is 14.4. The summed E-state index contributed by atoms with van der Waals surface area (Å²) in [5, 5.41) is 14.0. The first-order valence-corrected chi connectivity index (χ1v) is 6.68. The van der Waals surface area contributed by atoms with Crippen molar-refractivity contribution in [2.45, 2.75) is 19.4 Å². The van der Waals surface area contributed by atoms with Crippen LogP contribution in [-0.4, -0.2) is 11.5 Å². The molecule has 0 heterocycles. The van der Waals surface area contributed by atoms with Gasteiger partial charge in [0.15, 0.2) is 0 Å². The smallest absolute Gasteiger partial charge is 0.269 e. The highest BCUT2D eigenvalue weighted by molar-refractivity contribution is 5.33. The van der Waals surface area contributed by atoms with E-state index in [1.165, 1.54) is 5.56 Å². The number of benzene rings is 2. The first kappa shape index (κ1) is 14.2. The summed E-state index contributed by atoms with van der Waals surface area (Å²) in [5.74, 6) is 0.